The maximum atomic E-state index is 10.5. The molecule has 0 bridgehead atoms. The van der Waals surface area contributed by atoms with Gasteiger partial charge in [0.2, 0.25) is 0 Å². The molecule has 6 nitrogen and oxygen atoms in total. The number of aromatic hydroxyl groups is 1. The lowest BCUT2D eigenvalue weighted by Crippen LogP contribution is -2.23. The van der Waals surface area contributed by atoms with Gasteiger partial charge in [-0.3, -0.25) is 4.79 Å². The molecule has 0 aliphatic carbocycles. The Morgan fingerprint density at radius 2 is 2.00 bits per heavy atom. The van der Waals surface area contributed by atoms with Gasteiger partial charge in [0.05, 0.1) is 5.69 Å². The number of aryl methyl sites for hydroxylation is 1. The number of aromatic nitrogens is 2. The molecule has 0 spiro atoms. The summed E-state index contributed by atoms with van der Waals surface area (Å²) in [5, 5.41) is 27.7. The van der Waals surface area contributed by atoms with E-state index in [0.29, 0.717) is 31.0 Å². The molecule has 2 aromatic rings. The predicted molar refractivity (Wildman–Crippen MR) is 97.1 cm³/mol. The van der Waals surface area contributed by atoms with E-state index in [2.05, 4.69) is 10.2 Å². The van der Waals surface area contributed by atoms with Crippen molar-refractivity contribution < 1.29 is 15.0 Å². The highest BCUT2D eigenvalue weighted by Crippen LogP contribution is 2.24. The Balaban J connectivity index is 1.98. The van der Waals surface area contributed by atoms with Crippen molar-refractivity contribution in [3.05, 3.63) is 46.6 Å². The summed E-state index contributed by atoms with van der Waals surface area (Å²) in [6.45, 7) is 3.19. The largest absolute Gasteiger partial charge is 0.508 e. The average Bonchev–Trinajstić information content (AvgIpc) is 2.60. The summed E-state index contributed by atoms with van der Waals surface area (Å²) in [5.74, 6) is 0.145. The maximum Gasteiger partial charge on any atom is 0.303 e. The number of carbonyl (C=O) groups is 1. The maximum absolute atomic E-state index is 10.5. The normalized spacial score (nSPS) is 10.6. The van der Waals surface area contributed by atoms with Gasteiger partial charge in [-0.05, 0) is 56.5 Å². The first-order chi connectivity index (χ1) is 12.0. The van der Waals surface area contributed by atoms with Crippen molar-refractivity contribution in [2.75, 3.05) is 11.4 Å². The van der Waals surface area contributed by atoms with Crippen LogP contribution < -0.4 is 4.90 Å². The van der Waals surface area contributed by atoms with Crippen LogP contribution in [0.1, 0.15) is 37.4 Å². The number of halogens is 1. The van der Waals surface area contributed by atoms with E-state index < -0.39 is 5.97 Å². The van der Waals surface area contributed by atoms with Crippen LogP contribution in [0.4, 0.5) is 5.82 Å². The number of phenols is 1. The molecule has 0 radical (unpaired) electrons. The molecule has 134 valence electrons. The summed E-state index contributed by atoms with van der Waals surface area (Å²) >= 11 is 6.00. The molecule has 1 aromatic carbocycles. The first-order valence-electron chi connectivity index (χ1n) is 8.26. The number of carboxylic acids is 1. The molecule has 0 saturated heterocycles. The summed E-state index contributed by atoms with van der Waals surface area (Å²) in [5.41, 5.74) is 1.57. The fraction of sp³-hybridized carbons (Fsp3) is 0.389. The summed E-state index contributed by atoms with van der Waals surface area (Å²) in [6.07, 6.45) is 2.29. The Labute approximate surface area is 152 Å². The minimum Gasteiger partial charge on any atom is -0.508 e. The number of hydrogen-bond donors (Lipinski definition) is 2. The third kappa shape index (κ3) is 5.90. The Hall–Kier alpha value is -2.34. The summed E-state index contributed by atoms with van der Waals surface area (Å²) in [6, 6.07) is 8.77. The van der Waals surface area contributed by atoms with Crippen LogP contribution in [0.2, 0.25) is 5.02 Å². The third-order valence-corrected chi connectivity index (χ3v) is 4.12. The molecule has 0 amide bonds. The molecule has 1 aromatic heterocycles. The van der Waals surface area contributed by atoms with E-state index in [1.165, 1.54) is 0 Å². The lowest BCUT2D eigenvalue weighted by Gasteiger charge is -2.22. The van der Waals surface area contributed by atoms with Gasteiger partial charge >= 0.3 is 5.97 Å². The van der Waals surface area contributed by atoms with Crippen LogP contribution in [0.25, 0.3) is 0 Å². The van der Waals surface area contributed by atoms with E-state index in [1.807, 2.05) is 24.0 Å². The van der Waals surface area contributed by atoms with E-state index in [0.717, 1.165) is 23.5 Å². The molecule has 0 aliphatic rings. The van der Waals surface area contributed by atoms with Crippen molar-refractivity contribution in [2.45, 2.75) is 39.2 Å². The molecule has 2 rings (SSSR count). The number of nitrogens with zero attached hydrogens (tertiary/aromatic N) is 3. The topological polar surface area (TPSA) is 86.5 Å². The van der Waals surface area contributed by atoms with Gasteiger partial charge < -0.3 is 15.1 Å². The monoisotopic (exact) mass is 363 g/mol. The minimum atomic E-state index is -0.774. The van der Waals surface area contributed by atoms with Gasteiger partial charge in [-0.15, -0.1) is 5.10 Å². The number of aliphatic carboxylic acids is 1. The highest BCUT2D eigenvalue weighted by atomic mass is 35.5. The standard InChI is InChI=1S/C18H22ClN3O3/c1-2-22(12-13-11-14(19)7-9-16(13)23)17-10-8-15(20-21-17)5-3-4-6-18(24)25/h7-11,23H,2-6,12H2,1H3,(H,24,25). The Morgan fingerprint density at radius 1 is 1.20 bits per heavy atom. The summed E-state index contributed by atoms with van der Waals surface area (Å²) < 4.78 is 0. The zero-order valence-electron chi connectivity index (χ0n) is 14.2. The zero-order chi connectivity index (χ0) is 18.2. The number of hydrogen-bond acceptors (Lipinski definition) is 5. The lowest BCUT2D eigenvalue weighted by molar-refractivity contribution is -0.137. The molecule has 0 atom stereocenters. The number of benzene rings is 1. The molecule has 0 aliphatic heterocycles. The molecule has 0 unspecified atom stereocenters. The number of rotatable bonds is 9. The van der Waals surface area contributed by atoms with Crippen LogP contribution in [-0.2, 0) is 17.8 Å². The predicted octanol–water partition coefficient (Wildman–Crippen LogP) is 3.66. The molecule has 7 heteroatoms. The summed E-state index contributed by atoms with van der Waals surface area (Å²) in [7, 11) is 0. The third-order valence-electron chi connectivity index (χ3n) is 3.89. The van der Waals surface area contributed by atoms with Gasteiger partial charge in [0.25, 0.3) is 0 Å². The second-order valence-corrected chi connectivity index (χ2v) is 6.21. The highest BCUT2D eigenvalue weighted by molar-refractivity contribution is 6.30. The number of unbranched alkanes of at least 4 members (excludes halogenated alkanes) is 1. The van der Waals surface area contributed by atoms with Gasteiger partial charge in [0.15, 0.2) is 5.82 Å². The van der Waals surface area contributed by atoms with Gasteiger partial charge in [-0.2, -0.15) is 5.10 Å². The molecule has 0 fully saturated rings. The number of carboxylic acid groups (broad SMARTS) is 1. The average molecular weight is 364 g/mol. The SMILES string of the molecule is CCN(Cc1cc(Cl)ccc1O)c1ccc(CCCCC(=O)O)nn1. The number of phenolic OH excluding ortho intramolecular Hbond substituents is 1. The highest BCUT2D eigenvalue weighted by Gasteiger charge is 2.11. The van der Waals surface area contributed by atoms with E-state index in [1.54, 1.807) is 18.2 Å². The van der Waals surface area contributed by atoms with Crippen LogP contribution in [0.3, 0.4) is 0 Å². The molecule has 0 saturated carbocycles. The van der Waals surface area contributed by atoms with Gasteiger partial charge in [0.1, 0.15) is 5.75 Å². The first-order valence-corrected chi connectivity index (χ1v) is 8.64. The Kier molecular flexibility index (Phi) is 7.01. The van der Waals surface area contributed by atoms with Crippen molar-refractivity contribution in [1.82, 2.24) is 10.2 Å². The van der Waals surface area contributed by atoms with E-state index in [-0.39, 0.29) is 12.2 Å². The van der Waals surface area contributed by atoms with E-state index in [9.17, 15) is 9.90 Å². The van der Waals surface area contributed by atoms with Crippen LogP contribution in [0.15, 0.2) is 30.3 Å². The second kappa shape index (κ2) is 9.22. The van der Waals surface area contributed by atoms with E-state index in [4.69, 9.17) is 16.7 Å². The molecular formula is C18H22ClN3O3. The first kappa shape index (κ1) is 19.0. The van der Waals surface area contributed by atoms with Crippen LogP contribution in [0.5, 0.6) is 5.75 Å². The van der Waals surface area contributed by atoms with Gasteiger partial charge in [0, 0.05) is 30.1 Å². The molecular weight excluding hydrogens is 342 g/mol. The quantitative estimate of drug-likeness (QED) is 0.661. The van der Waals surface area contributed by atoms with Crippen molar-refractivity contribution in [1.29, 1.82) is 0 Å². The van der Waals surface area contributed by atoms with Crippen LogP contribution in [0, 0.1) is 0 Å². The Bertz CT molecular complexity index is 707. The second-order valence-electron chi connectivity index (χ2n) is 5.77. The lowest BCUT2D eigenvalue weighted by atomic mass is 10.1. The summed E-state index contributed by atoms with van der Waals surface area (Å²) in [4.78, 5) is 12.5. The van der Waals surface area contributed by atoms with Crippen molar-refractivity contribution in [3.63, 3.8) is 0 Å². The van der Waals surface area contributed by atoms with Crippen molar-refractivity contribution >= 4 is 23.4 Å². The molecule has 1 heterocycles. The fourth-order valence-electron chi connectivity index (χ4n) is 2.48. The van der Waals surface area contributed by atoms with Crippen LogP contribution in [-0.4, -0.2) is 32.9 Å². The van der Waals surface area contributed by atoms with E-state index >= 15 is 0 Å². The smallest absolute Gasteiger partial charge is 0.303 e. The Morgan fingerprint density at radius 3 is 2.64 bits per heavy atom. The minimum absolute atomic E-state index is 0.179. The van der Waals surface area contributed by atoms with Crippen molar-refractivity contribution in [2.24, 2.45) is 0 Å². The zero-order valence-corrected chi connectivity index (χ0v) is 14.9. The molecule has 25 heavy (non-hydrogen) atoms. The molecule has 2 N–H and O–H groups in total. The van der Waals surface area contributed by atoms with Crippen molar-refractivity contribution in [3.8, 4) is 5.75 Å². The van der Waals surface area contributed by atoms with Gasteiger partial charge in [-0.25, -0.2) is 0 Å². The number of anilines is 1. The fourth-order valence-corrected chi connectivity index (χ4v) is 2.67. The van der Waals surface area contributed by atoms with Crippen LogP contribution >= 0.6 is 11.6 Å². The van der Waals surface area contributed by atoms with Gasteiger partial charge in [-0.1, -0.05) is 11.6 Å².